The third-order valence-electron chi connectivity index (χ3n) is 5.79. The number of hydrogen-bond donors (Lipinski definition) is 1. The molecular formula is C21H22N2O2. The monoisotopic (exact) mass is 334 g/mol. The molecule has 1 aromatic heterocycles. The summed E-state index contributed by atoms with van der Waals surface area (Å²) in [5, 5.41) is 1.38. The Labute approximate surface area is 147 Å². The van der Waals surface area contributed by atoms with Gasteiger partial charge >= 0.3 is 0 Å². The first-order valence-electron chi connectivity index (χ1n) is 8.86. The highest BCUT2D eigenvalue weighted by molar-refractivity contribution is 5.85. The van der Waals surface area contributed by atoms with E-state index in [1.54, 1.807) is 14.2 Å². The molecule has 4 nitrogen and oxygen atoms in total. The lowest BCUT2D eigenvalue weighted by atomic mass is 9.86. The highest BCUT2D eigenvalue weighted by Gasteiger charge is 2.35. The van der Waals surface area contributed by atoms with Gasteiger partial charge in [-0.1, -0.05) is 24.3 Å². The molecule has 0 fully saturated rings. The van der Waals surface area contributed by atoms with Gasteiger partial charge in [-0.3, -0.25) is 4.90 Å². The quantitative estimate of drug-likeness (QED) is 0.774. The number of para-hydroxylation sites is 1. The lowest BCUT2D eigenvalue weighted by Crippen LogP contribution is -2.39. The molecule has 0 aliphatic carbocycles. The van der Waals surface area contributed by atoms with E-state index in [0.29, 0.717) is 6.04 Å². The van der Waals surface area contributed by atoms with Crippen LogP contribution in [0.3, 0.4) is 0 Å². The number of aromatic nitrogens is 1. The van der Waals surface area contributed by atoms with Gasteiger partial charge < -0.3 is 14.5 Å². The topological polar surface area (TPSA) is 37.5 Å². The van der Waals surface area contributed by atoms with Crippen LogP contribution in [0, 0.1) is 0 Å². The number of ether oxygens (including phenoxy) is 2. The van der Waals surface area contributed by atoms with Crippen LogP contribution in [0.4, 0.5) is 0 Å². The Morgan fingerprint density at radius 1 is 1.04 bits per heavy atom. The molecular weight excluding hydrogens is 312 g/mol. The van der Waals surface area contributed by atoms with Gasteiger partial charge in [0.2, 0.25) is 0 Å². The first-order valence-corrected chi connectivity index (χ1v) is 8.86. The predicted molar refractivity (Wildman–Crippen MR) is 98.4 cm³/mol. The molecule has 0 spiro atoms. The maximum atomic E-state index is 5.67. The molecule has 3 heterocycles. The normalized spacial score (nSPS) is 19.2. The third-order valence-corrected chi connectivity index (χ3v) is 5.79. The molecule has 3 aromatic rings. The minimum Gasteiger partial charge on any atom is -0.493 e. The second kappa shape index (κ2) is 5.53. The molecule has 2 aromatic carbocycles. The molecule has 5 rings (SSSR count). The van der Waals surface area contributed by atoms with Crippen molar-refractivity contribution >= 4 is 10.9 Å². The van der Waals surface area contributed by atoms with E-state index >= 15 is 0 Å². The maximum absolute atomic E-state index is 5.67. The van der Waals surface area contributed by atoms with Crippen LogP contribution in [0.5, 0.6) is 11.5 Å². The second-order valence-corrected chi connectivity index (χ2v) is 6.94. The van der Waals surface area contributed by atoms with Crippen molar-refractivity contribution in [2.75, 3.05) is 20.8 Å². The smallest absolute Gasteiger partial charge is 0.165 e. The van der Waals surface area contributed by atoms with Gasteiger partial charge in [0.15, 0.2) is 11.5 Å². The minimum atomic E-state index is 0.418. The van der Waals surface area contributed by atoms with Gasteiger partial charge in [-0.25, -0.2) is 0 Å². The number of aromatic amines is 1. The van der Waals surface area contributed by atoms with Crippen LogP contribution in [0.1, 0.15) is 28.4 Å². The Morgan fingerprint density at radius 2 is 1.92 bits per heavy atom. The second-order valence-electron chi connectivity index (χ2n) is 6.94. The Morgan fingerprint density at radius 3 is 2.76 bits per heavy atom. The SMILES string of the molecule is COc1ccc2c(c1OC)CN1CCc3c([nH]c4ccccc34)[C@@H]1C2. The van der Waals surface area contributed by atoms with Gasteiger partial charge in [-0.2, -0.15) is 0 Å². The Bertz CT molecular complexity index is 960. The number of rotatable bonds is 2. The molecule has 1 N–H and O–H groups in total. The molecule has 1 atom stereocenters. The van der Waals surface area contributed by atoms with Crippen LogP contribution < -0.4 is 9.47 Å². The summed E-state index contributed by atoms with van der Waals surface area (Å²) in [7, 11) is 3.43. The zero-order chi connectivity index (χ0) is 17.0. The standard InChI is InChI=1S/C21H22N2O2/c1-24-19-8-7-13-11-18-20-15(14-5-3-4-6-17(14)22-20)9-10-23(18)12-16(13)21(19)25-2/h3-8,18,22H,9-12H2,1-2H3/t18-/m0/s1. The summed E-state index contributed by atoms with van der Waals surface area (Å²) < 4.78 is 11.2. The van der Waals surface area contributed by atoms with E-state index in [1.807, 2.05) is 6.07 Å². The number of H-pyrrole nitrogens is 1. The third kappa shape index (κ3) is 2.10. The lowest BCUT2D eigenvalue weighted by Gasteiger charge is -2.40. The molecule has 0 radical (unpaired) electrons. The first-order chi connectivity index (χ1) is 12.3. The molecule has 2 aliphatic rings. The highest BCUT2D eigenvalue weighted by atomic mass is 16.5. The highest BCUT2D eigenvalue weighted by Crippen LogP contribution is 2.44. The number of fused-ring (bicyclic) bond motifs is 6. The van der Waals surface area contributed by atoms with Crippen LogP contribution in [0.25, 0.3) is 10.9 Å². The predicted octanol–water partition coefficient (Wildman–Crippen LogP) is 3.84. The van der Waals surface area contributed by atoms with Crippen molar-refractivity contribution in [1.82, 2.24) is 9.88 Å². The van der Waals surface area contributed by atoms with Crippen molar-refractivity contribution in [2.24, 2.45) is 0 Å². The van der Waals surface area contributed by atoms with Gasteiger partial charge in [0.25, 0.3) is 0 Å². The summed E-state index contributed by atoms with van der Waals surface area (Å²) in [4.78, 5) is 6.27. The summed E-state index contributed by atoms with van der Waals surface area (Å²) >= 11 is 0. The van der Waals surface area contributed by atoms with Crippen LogP contribution in [-0.4, -0.2) is 30.6 Å². The van der Waals surface area contributed by atoms with Crippen molar-refractivity contribution in [3.8, 4) is 11.5 Å². The molecule has 0 unspecified atom stereocenters. The molecule has 0 amide bonds. The summed E-state index contributed by atoms with van der Waals surface area (Å²) in [5.74, 6) is 1.71. The molecule has 0 bridgehead atoms. The summed E-state index contributed by atoms with van der Waals surface area (Å²) in [6.07, 6.45) is 2.10. The van der Waals surface area contributed by atoms with Crippen molar-refractivity contribution in [3.05, 3.63) is 58.8 Å². The average molecular weight is 334 g/mol. The average Bonchev–Trinajstić information content (AvgIpc) is 3.04. The molecule has 0 saturated heterocycles. The first kappa shape index (κ1) is 14.8. The zero-order valence-electron chi connectivity index (χ0n) is 14.6. The summed E-state index contributed by atoms with van der Waals surface area (Å²) in [6, 6.07) is 13.3. The molecule has 4 heteroatoms. The van der Waals surface area contributed by atoms with E-state index in [9.17, 15) is 0 Å². The van der Waals surface area contributed by atoms with Gasteiger partial charge in [0.05, 0.1) is 20.3 Å². The van der Waals surface area contributed by atoms with Gasteiger partial charge in [0, 0.05) is 35.2 Å². The van der Waals surface area contributed by atoms with Crippen LogP contribution in [-0.2, 0) is 19.4 Å². The van der Waals surface area contributed by atoms with E-state index in [0.717, 1.165) is 37.4 Å². The Balaban J connectivity index is 1.61. The fourth-order valence-electron chi connectivity index (χ4n) is 4.60. The van der Waals surface area contributed by atoms with E-state index in [-0.39, 0.29) is 0 Å². The molecule has 25 heavy (non-hydrogen) atoms. The Kier molecular flexibility index (Phi) is 3.28. The number of nitrogens with zero attached hydrogens (tertiary/aromatic N) is 1. The van der Waals surface area contributed by atoms with Crippen molar-refractivity contribution in [1.29, 1.82) is 0 Å². The van der Waals surface area contributed by atoms with Gasteiger partial charge in [-0.15, -0.1) is 0 Å². The number of nitrogens with one attached hydrogen (secondary N) is 1. The largest absolute Gasteiger partial charge is 0.493 e. The zero-order valence-corrected chi connectivity index (χ0v) is 14.6. The number of methoxy groups -OCH3 is 2. The van der Waals surface area contributed by atoms with Crippen molar-refractivity contribution in [3.63, 3.8) is 0 Å². The van der Waals surface area contributed by atoms with Gasteiger partial charge in [-0.05, 0) is 36.1 Å². The number of hydrogen-bond acceptors (Lipinski definition) is 3. The maximum Gasteiger partial charge on any atom is 0.165 e. The fourth-order valence-corrected chi connectivity index (χ4v) is 4.60. The molecule has 2 aliphatic heterocycles. The van der Waals surface area contributed by atoms with Crippen LogP contribution >= 0.6 is 0 Å². The fraction of sp³-hybridized carbons (Fsp3) is 0.333. The van der Waals surface area contributed by atoms with Crippen molar-refractivity contribution in [2.45, 2.75) is 25.4 Å². The van der Waals surface area contributed by atoms with Gasteiger partial charge in [0.1, 0.15) is 0 Å². The van der Waals surface area contributed by atoms with E-state index < -0.39 is 0 Å². The van der Waals surface area contributed by atoms with E-state index in [2.05, 4.69) is 40.2 Å². The molecule has 128 valence electrons. The van der Waals surface area contributed by atoms with Crippen LogP contribution in [0.2, 0.25) is 0 Å². The summed E-state index contributed by atoms with van der Waals surface area (Å²) in [5.41, 5.74) is 6.80. The van der Waals surface area contributed by atoms with Crippen molar-refractivity contribution < 1.29 is 9.47 Å². The van der Waals surface area contributed by atoms with E-state index in [1.165, 1.54) is 33.3 Å². The van der Waals surface area contributed by atoms with E-state index in [4.69, 9.17) is 9.47 Å². The minimum absolute atomic E-state index is 0.418. The number of benzene rings is 2. The Hall–Kier alpha value is -2.46. The summed E-state index contributed by atoms with van der Waals surface area (Å²) in [6.45, 7) is 1.99. The lowest BCUT2D eigenvalue weighted by molar-refractivity contribution is 0.155. The van der Waals surface area contributed by atoms with Crippen LogP contribution in [0.15, 0.2) is 36.4 Å². The molecule has 0 saturated carbocycles.